The number of rotatable bonds is 4. The van der Waals surface area contributed by atoms with Crippen molar-refractivity contribution < 1.29 is 17.9 Å². The van der Waals surface area contributed by atoms with Crippen LogP contribution in [0.3, 0.4) is 0 Å². The van der Waals surface area contributed by atoms with Crippen molar-refractivity contribution in [1.82, 2.24) is 10.2 Å². The van der Waals surface area contributed by atoms with E-state index in [2.05, 4.69) is 21.2 Å². The van der Waals surface area contributed by atoms with E-state index >= 15 is 0 Å². The van der Waals surface area contributed by atoms with Gasteiger partial charge in [0.05, 0.1) is 13.5 Å². The Morgan fingerprint density at radius 2 is 1.95 bits per heavy atom. The molecule has 1 aromatic rings. The number of methoxy groups -OCH3 is 1. The molecule has 0 aliphatic carbocycles. The number of benzene rings is 1. The third-order valence-electron chi connectivity index (χ3n) is 3.58. The Morgan fingerprint density at radius 3 is 2.50 bits per heavy atom. The fourth-order valence-electron chi connectivity index (χ4n) is 2.55. The van der Waals surface area contributed by atoms with Gasteiger partial charge >= 0.3 is 6.18 Å². The standard InChI is InChI=1S/C14H18BrF3N2O.ClH/c1-21-10-2-3-12(15)11(8-10)13(9-14(16,17)18)20-6-4-19-5-7-20;/h2-3,8,13,19H,4-7,9H2,1H3;1H/t13-;/m1./s1. The number of nitrogens with zero attached hydrogens (tertiary/aromatic N) is 1. The number of nitrogens with one attached hydrogen (secondary N) is 1. The molecule has 0 spiro atoms. The third kappa shape index (κ3) is 5.30. The van der Waals surface area contributed by atoms with Crippen molar-refractivity contribution in [3.05, 3.63) is 28.2 Å². The lowest BCUT2D eigenvalue weighted by molar-refractivity contribution is -0.148. The van der Waals surface area contributed by atoms with Gasteiger partial charge in [-0.05, 0) is 23.8 Å². The van der Waals surface area contributed by atoms with Crippen LogP contribution in [0.5, 0.6) is 5.75 Å². The monoisotopic (exact) mass is 402 g/mol. The summed E-state index contributed by atoms with van der Waals surface area (Å²) < 4.78 is 44.7. The van der Waals surface area contributed by atoms with E-state index in [1.54, 1.807) is 18.2 Å². The van der Waals surface area contributed by atoms with Gasteiger partial charge in [-0.15, -0.1) is 12.4 Å². The lowest BCUT2D eigenvalue weighted by Crippen LogP contribution is -2.46. The van der Waals surface area contributed by atoms with E-state index in [0.717, 1.165) is 0 Å². The van der Waals surface area contributed by atoms with Gasteiger partial charge in [-0.25, -0.2) is 0 Å². The second-order valence-electron chi connectivity index (χ2n) is 5.01. The van der Waals surface area contributed by atoms with Gasteiger partial charge in [-0.2, -0.15) is 13.2 Å². The van der Waals surface area contributed by atoms with Gasteiger partial charge in [0.1, 0.15) is 5.75 Å². The molecule has 0 radical (unpaired) electrons. The first-order valence-electron chi connectivity index (χ1n) is 6.75. The molecule has 0 bridgehead atoms. The summed E-state index contributed by atoms with van der Waals surface area (Å²) in [5, 5.41) is 3.16. The first-order chi connectivity index (χ1) is 9.90. The fourth-order valence-corrected chi connectivity index (χ4v) is 3.06. The predicted molar refractivity (Wildman–Crippen MR) is 85.8 cm³/mol. The largest absolute Gasteiger partial charge is 0.497 e. The fraction of sp³-hybridized carbons (Fsp3) is 0.571. The zero-order chi connectivity index (χ0) is 15.5. The van der Waals surface area contributed by atoms with Crippen molar-refractivity contribution in [2.45, 2.75) is 18.6 Å². The first kappa shape index (κ1) is 19.5. The lowest BCUT2D eigenvalue weighted by Gasteiger charge is -2.36. The Bertz CT molecular complexity index is 482. The highest BCUT2D eigenvalue weighted by Crippen LogP contribution is 2.38. The zero-order valence-electron chi connectivity index (χ0n) is 12.1. The quantitative estimate of drug-likeness (QED) is 0.828. The predicted octanol–water partition coefficient (Wildman–Crippen LogP) is 3.78. The SMILES string of the molecule is COc1ccc(Br)c([C@@H](CC(F)(F)F)N2CCNCC2)c1.Cl. The third-order valence-corrected chi connectivity index (χ3v) is 4.30. The highest BCUT2D eigenvalue weighted by atomic mass is 79.9. The average molecular weight is 404 g/mol. The Balaban J connectivity index is 0.00000242. The summed E-state index contributed by atoms with van der Waals surface area (Å²) in [6.07, 6.45) is -5.07. The molecule has 0 unspecified atom stereocenters. The minimum absolute atomic E-state index is 0. The van der Waals surface area contributed by atoms with Crippen molar-refractivity contribution in [3.8, 4) is 5.75 Å². The van der Waals surface area contributed by atoms with Gasteiger partial charge in [0.2, 0.25) is 0 Å². The van der Waals surface area contributed by atoms with Crippen molar-refractivity contribution >= 4 is 28.3 Å². The van der Waals surface area contributed by atoms with E-state index in [9.17, 15) is 13.2 Å². The highest BCUT2D eigenvalue weighted by molar-refractivity contribution is 9.10. The maximum atomic E-state index is 13.0. The van der Waals surface area contributed by atoms with Crippen LogP contribution in [-0.4, -0.2) is 44.4 Å². The van der Waals surface area contributed by atoms with Gasteiger partial charge in [-0.3, -0.25) is 4.90 Å². The summed E-state index contributed by atoms with van der Waals surface area (Å²) in [5.41, 5.74) is 0.619. The van der Waals surface area contributed by atoms with Crippen molar-refractivity contribution in [2.75, 3.05) is 33.3 Å². The minimum Gasteiger partial charge on any atom is -0.497 e. The van der Waals surface area contributed by atoms with E-state index in [-0.39, 0.29) is 12.4 Å². The number of ether oxygens (including phenoxy) is 1. The van der Waals surface area contributed by atoms with Crippen LogP contribution in [-0.2, 0) is 0 Å². The number of alkyl halides is 3. The summed E-state index contributed by atoms with van der Waals surface area (Å²) >= 11 is 3.37. The Labute approximate surface area is 142 Å². The topological polar surface area (TPSA) is 24.5 Å². The van der Waals surface area contributed by atoms with E-state index < -0.39 is 18.6 Å². The summed E-state index contributed by atoms with van der Waals surface area (Å²) in [6.45, 7) is 2.61. The molecule has 1 saturated heterocycles. The second kappa shape index (κ2) is 8.38. The summed E-state index contributed by atoms with van der Waals surface area (Å²) in [4.78, 5) is 1.88. The average Bonchev–Trinajstić information content (AvgIpc) is 2.45. The lowest BCUT2D eigenvalue weighted by atomic mass is 10.0. The van der Waals surface area contributed by atoms with Crippen LogP contribution in [0.25, 0.3) is 0 Å². The molecule has 1 heterocycles. The molecule has 8 heteroatoms. The van der Waals surface area contributed by atoms with Crippen molar-refractivity contribution in [2.24, 2.45) is 0 Å². The Morgan fingerprint density at radius 1 is 1.32 bits per heavy atom. The molecule has 1 fully saturated rings. The first-order valence-corrected chi connectivity index (χ1v) is 7.55. The molecule has 126 valence electrons. The molecule has 0 saturated carbocycles. The smallest absolute Gasteiger partial charge is 0.390 e. The number of hydrogen-bond acceptors (Lipinski definition) is 3. The summed E-state index contributed by atoms with van der Waals surface area (Å²) in [5.74, 6) is 0.565. The number of hydrogen-bond donors (Lipinski definition) is 1. The maximum Gasteiger partial charge on any atom is 0.390 e. The van der Waals surface area contributed by atoms with Crippen LogP contribution < -0.4 is 10.1 Å². The molecular formula is C14H19BrClF3N2O. The van der Waals surface area contributed by atoms with Gasteiger partial charge in [-0.1, -0.05) is 15.9 Å². The molecule has 1 atom stereocenters. The molecule has 3 nitrogen and oxygen atoms in total. The molecule has 1 N–H and O–H groups in total. The molecular weight excluding hydrogens is 385 g/mol. The van der Waals surface area contributed by atoms with Gasteiger partial charge in [0, 0.05) is 36.7 Å². The maximum absolute atomic E-state index is 13.0. The number of piperazine rings is 1. The summed E-state index contributed by atoms with van der Waals surface area (Å²) in [6, 6.07) is 4.45. The van der Waals surface area contributed by atoms with Crippen molar-refractivity contribution in [3.63, 3.8) is 0 Å². The van der Waals surface area contributed by atoms with Crippen LogP contribution in [0.2, 0.25) is 0 Å². The van der Waals surface area contributed by atoms with Crippen LogP contribution in [0, 0.1) is 0 Å². The van der Waals surface area contributed by atoms with Gasteiger partial charge in [0.25, 0.3) is 0 Å². The van der Waals surface area contributed by atoms with E-state index in [1.165, 1.54) is 7.11 Å². The molecule has 0 aromatic heterocycles. The normalized spacial score (nSPS) is 17.7. The second-order valence-corrected chi connectivity index (χ2v) is 5.86. The Hall–Kier alpha value is -0.500. The van der Waals surface area contributed by atoms with Crippen LogP contribution in [0.1, 0.15) is 18.0 Å². The number of halogens is 5. The van der Waals surface area contributed by atoms with Crippen LogP contribution >= 0.6 is 28.3 Å². The molecule has 1 aliphatic heterocycles. The van der Waals surface area contributed by atoms with E-state index in [4.69, 9.17) is 4.74 Å². The van der Waals surface area contributed by atoms with Crippen LogP contribution in [0.15, 0.2) is 22.7 Å². The molecule has 22 heavy (non-hydrogen) atoms. The van der Waals surface area contributed by atoms with Crippen LogP contribution in [0.4, 0.5) is 13.2 Å². The zero-order valence-corrected chi connectivity index (χ0v) is 14.5. The molecule has 1 aromatic carbocycles. The van der Waals surface area contributed by atoms with Crippen molar-refractivity contribution in [1.29, 1.82) is 0 Å². The Kier molecular flexibility index (Phi) is 7.45. The highest BCUT2D eigenvalue weighted by Gasteiger charge is 2.36. The van der Waals surface area contributed by atoms with Gasteiger partial charge in [0.15, 0.2) is 0 Å². The summed E-state index contributed by atoms with van der Waals surface area (Å²) in [7, 11) is 1.51. The van der Waals surface area contributed by atoms with Gasteiger partial charge < -0.3 is 10.1 Å². The molecule has 0 amide bonds. The van der Waals surface area contributed by atoms with E-state index in [0.29, 0.717) is 42.0 Å². The molecule has 1 aliphatic rings. The molecule has 2 rings (SSSR count). The van der Waals surface area contributed by atoms with E-state index in [1.807, 2.05) is 4.90 Å². The minimum atomic E-state index is -4.21.